The number of nitrogen functional groups attached to an aromatic ring is 1. The highest BCUT2D eigenvalue weighted by Crippen LogP contribution is 1.94. The molecule has 0 unspecified atom stereocenters. The molecular formula is C6H10N4O. The zero-order valence-electron chi connectivity index (χ0n) is 6.24. The zero-order chi connectivity index (χ0) is 8.27. The van der Waals surface area contributed by atoms with Crippen LogP contribution in [0.3, 0.4) is 0 Å². The quantitative estimate of drug-likeness (QED) is 0.586. The lowest BCUT2D eigenvalue weighted by molar-refractivity contribution is -0.121. The number of anilines is 1. The average Bonchev–Trinajstić information content (AvgIpc) is 2.35. The fourth-order valence-electron chi connectivity index (χ4n) is 0.692. The topological polar surface area (TPSA) is 72.9 Å². The van der Waals surface area contributed by atoms with Crippen molar-refractivity contribution in [3.8, 4) is 0 Å². The van der Waals surface area contributed by atoms with E-state index in [-0.39, 0.29) is 12.5 Å². The van der Waals surface area contributed by atoms with Gasteiger partial charge in [0, 0.05) is 13.2 Å². The van der Waals surface area contributed by atoms with Crippen molar-refractivity contribution in [3.05, 3.63) is 12.3 Å². The van der Waals surface area contributed by atoms with Gasteiger partial charge in [0.05, 0.1) is 0 Å². The summed E-state index contributed by atoms with van der Waals surface area (Å²) in [4.78, 5) is 10.8. The van der Waals surface area contributed by atoms with Crippen molar-refractivity contribution in [1.82, 2.24) is 15.1 Å². The van der Waals surface area contributed by atoms with E-state index in [4.69, 9.17) is 5.73 Å². The van der Waals surface area contributed by atoms with E-state index in [1.165, 1.54) is 4.68 Å². The van der Waals surface area contributed by atoms with Crippen LogP contribution in [-0.4, -0.2) is 22.7 Å². The van der Waals surface area contributed by atoms with Gasteiger partial charge < -0.3 is 11.1 Å². The molecule has 5 nitrogen and oxygen atoms in total. The first-order valence-corrected chi connectivity index (χ1v) is 3.22. The van der Waals surface area contributed by atoms with Gasteiger partial charge in [0.15, 0.2) is 0 Å². The van der Waals surface area contributed by atoms with E-state index in [0.717, 1.165) is 0 Å². The maximum Gasteiger partial charge on any atom is 0.241 e. The van der Waals surface area contributed by atoms with Gasteiger partial charge in [-0.05, 0) is 6.07 Å². The van der Waals surface area contributed by atoms with Crippen LogP contribution in [0.25, 0.3) is 0 Å². The summed E-state index contributed by atoms with van der Waals surface area (Å²) in [6, 6.07) is 1.64. The van der Waals surface area contributed by atoms with Crippen LogP contribution in [0.15, 0.2) is 12.3 Å². The maximum absolute atomic E-state index is 10.8. The third-order valence-electron chi connectivity index (χ3n) is 1.25. The number of rotatable bonds is 2. The molecule has 60 valence electrons. The van der Waals surface area contributed by atoms with E-state index >= 15 is 0 Å². The number of amides is 1. The molecule has 3 N–H and O–H groups in total. The lowest BCUT2D eigenvalue weighted by Gasteiger charge is -1.97. The summed E-state index contributed by atoms with van der Waals surface area (Å²) in [6.45, 7) is 0.216. The average molecular weight is 154 g/mol. The van der Waals surface area contributed by atoms with E-state index in [0.29, 0.717) is 5.82 Å². The Labute approximate surface area is 64.2 Å². The summed E-state index contributed by atoms with van der Waals surface area (Å²) in [5, 5.41) is 6.31. The molecule has 1 heterocycles. The standard InChI is InChI=1S/C6H10N4O/c1-8-6(11)4-10-3-2-5(7)9-10/h2-3H,4H2,1H3,(H2,7,9)(H,8,11). The monoisotopic (exact) mass is 154 g/mol. The Morgan fingerprint density at radius 2 is 2.64 bits per heavy atom. The first-order valence-electron chi connectivity index (χ1n) is 3.22. The van der Waals surface area contributed by atoms with Gasteiger partial charge in [-0.1, -0.05) is 0 Å². The maximum atomic E-state index is 10.8. The highest BCUT2D eigenvalue weighted by molar-refractivity contribution is 5.75. The number of hydrogen-bond acceptors (Lipinski definition) is 3. The minimum atomic E-state index is -0.0897. The molecule has 0 atom stereocenters. The normalized spacial score (nSPS) is 9.55. The second-order valence-electron chi connectivity index (χ2n) is 2.11. The van der Waals surface area contributed by atoms with E-state index in [9.17, 15) is 4.79 Å². The van der Waals surface area contributed by atoms with E-state index in [1.807, 2.05) is 0 Å². The number of aromatic nitrogens is 2. The predicted molar refractivity (Wildman–Crippen MR) is 40.7 cm³/mol. The third-order valence-corrected chi connectivity index (χ3v) is 1.25. The SMILES string of the molecule is CNC(=O)Cn1ccc(N)n1. The molecule has 0 saturated heterocycles. The van der Waals surface area contributed by atoms with Crippen LogP contribution in [0.5, 0.6) is 0 Å². The summed E-state index contributed by atoms with van der Waals surface area (Å²) in [7, 11) is 1.58. The van der Waals surface area contributed by atoms with Gasteiger partial charge in [0.1, 0.15) is 12.4 Å². The van der Waals surface area contributed by atoms with Crippen LogP contribution in [0, 0.1) is 0 Å². The number of nitrogens with zero attached hydrogens (tertiary/aromatic N) is 2. The van der Waals surface area contributed by atoms with Crippen LogP contribution in [0.4, 0.5) is 5.82 Å². The molecule has 5 heteroatoms. The predicted octanol–water partition coefficient (Wildman–Crippen LogP) is -0.789. The molecule has 1 amide bonds. The number of carbonyl (C=O) groups is 1. The fourth-order valence-corrected chi connectivity index (χ4v) is 0.692. The molecule has 0 aliphatic rings. The number of hydrogen-bond donors (Lipinski definition) is 2. The number of nitrogens with two attached hydrogens (primary N) is 1. The zero-order valence-corrected chi connectivity index (χ0v) is 6.24. The lowest BCUT2D eigenvalue weighted by Crippen LogP contribution is -2.23. The molecule has 0 saturated carbocycles. The molecule has 0 fully saturated rings. The lowest BCUT2D eigenvalue weighted by atomic mass is 10.6. The van der Waals surface area contributed by atoms with Gasteiger partial charge in [-0.2, -0.15) is 5.10 Å². The van der Waals surface area contributed by atoms with E-state index in [2.05, 4.69) is 10.4 Å². The number of likely N-dealkylation sites (N-methyl/N-ethyl adjacent to an activating group) is 1. The van der Waals surface area contributed by atoms with Crippen LogP contribution < -0.4 is 11.1 Å². The molecule has 0 spiro atoms. The molecule has 1 rings (SSSR count). The summed E-state index contributed by atoms with van der Waals surface area (Å²) < 4.78 is 1.48. The molecule has 0 aliphatic heterocycles. The summed E-state index contributed by atoms with van der Waals surface area (Å²) in [6.07, 6.45) is 1.66. The molecule has 0 aromatic carbocycles. The Kier molecular flexibility index (Phi) is 2.10. The highest BCUT2D eigenvalue weighted by Gasteiger charge is 1.99. The molecular weight excluding hydrogens is 144 g/mol. The van der Waals surface area contributed by atoms with Gasteiger partial charge in [0.25, 0.3) is 0 Å². The Morgan fingerprint density at radius 3 is 3.09 bits per heavy atom. The van der Waals surface area contributed by atoms with Gasteiger partial charge in [-0.25, -0.2) is 0 Å². The molecule has 0 radical (unpaired) electrons. The van der Waals surface area contributed by atoms with Crippen molar-refractivity contribution in [1.29, 1.82) is 0 Å². The van der Waals surface area contributed by atoms with Crippen LogP contribution in [-0.2, 0) is 11.3 Å². The molecule has 1 aromatic rings. The summed E-state index contributed by atoms with van der Waals surface area (Å²) >= 11 is 0. The largest absolute Gasteiger partial charge is 0.382 e. The minimum Gasteiger partial charge on any atom is -0.382 e. The van der Waals surface area contributed by atoms with Crippen molar-refractivity contribution >= 4 is 11.7 Å². The second-order valence-corrected chi connectivity index (χ2v) is 2.11. The smallest absolute Gasteiger partial charge is 0.241 e. The Bertz CT molecular complexity index is 255. The number of nitrogens with one attached hydrogen (secondary N) is 1. The molecule has 0 bridgehead atoms. The Morgan fingerprint density at radius 1 is 1.91 bits per heavy atom. The first kappa shape index (κ1) is 7.59. The van der Waals surface area contributed by atoms with Crippen molar-refractivity contribution in [2.45, 2.75) is 6.54 Å². The van der Waals surface area contributed by atoms with Gasteiger partial charge in [-0.3, -0.25) is 9.48 Å². The van der Waals surface area contributed by atoms with Crippen molar-refractivity contribution in [2.75, 3.05) is 12.8 Å². The molecule has 0 aliphatic carbocycles. The summed E-state index contributed by atoms with van der Waals surface area (Å²) in [5.41, 5.74) is 5.33. The van der Waals surface area contributed by atoms with Crippen molar-refractivity contribution in [2.24, 2.45) is 0 Å². The Hall–Kier alpha value is -1.52. The second kappa shape index (κ2) is 3.05. The molecule has 11 heavy (non-hydrogen) atoms. The van der Waals surface area contributed by atoms with Crippen molar-refractivity contribution < 1.29 is 4.79 Å². The number of carbonyl (C=O) groups excluding carboxylic acids is 1. The fraction of sp³-hybridized carbons (Fsp3) is 0.333. The third kappa shape index (κ3) is 1.96. The highest BCUT2D eigenvalue weighted by atomic mass is 16.1. The first-order chi connectivity index (χ1) is 5.22. The Balaban J connectivity index is 2.57. The van der Waals surface area contributed by atoms with Gasteiger partial charge in [0.2, 0.25) is 5.91 Å². The van der Waals surface area contributed by atoms with Gasteiger partial charge >= 0.3 is 0 Å². The summed E-state index contributed by atoms with van der Waals surface area (Å²) in [5.74, 6) is 0.335. The minimum absolute atomic E-state index is 0.0897. The van der Waals surface area contributed by atoms with Crippen LogP contribution in [0.2, 0.25) is 0 Å². The van der Waals surface area contributed by atoms with Crippen LogP contribution >= 0.6 is 0 Å². The molecule has 1 aromatic heterocycles. The van der Waals surface area contributed by atoms with E-state index < -0.39 is 0 Å². The van der Waals surface area contributed by atoms with E-state index in [1.54, 1.807) is 19.3 Å². The van der Waals surface area contributed by atoms with Gasteiger partial charge in [-0.15, -0.1) is 0 Å². The van der Waals surface area contributed by atoms with Crippen LogP contribution in [0.1, 0.15) is 0 Å². The van der Waals surface area contributed by atoms with Crippen molar-refractivity contribution in [3.63, 3.8) is 0 Å².